The molecule has 3 aromatic rings. The van der Waals surface area contributed by atoms with Crippen LogP contribution in [0.4, 0.5) is 0 Å². The summed E-state index contributed by atoms with van der Waals surface area (Å²) in [7, 11) is 1.65. The molecule has 0 aliphatic carbocycles. The minimum atomic E-state index is -0.0723. The fourth-order valence-electron chi connectivity index (χ4n) is 2.36. The van der Waals surface area contributed by atoms with Crippen LogP contribution < -0.4 is 4.74 Å². The highest BCUT2D eigenvalue weighted by atomic mass is 16.5. The number of aromatic nitrogens is 2. The Kier molecular flexibility index (Phi) is 2.80. The Labute approximate surface area is 110 Å². The zero-order chi connectivity index (χ0) is 13.4. The molecule has 0 spiro atoms. The van der Waals surface area contributed by atoms with Gasteiger partial charge < -0.3 is 9.84 Å². The van der Waals surface area contributed by atoms with E-state index in [4.69, 9.17) is 4.74 Å². The summed E-state index contributed by atoms with van der Waals surface area (Å²) in [5, 5.41) is 11.2. The maximum atomic E-state index is 9.29. The van der Waals surface area contributed by atoms with Crippen LogP contribution in [-0.2, 0) is 6.61 Å². The molecule has 2 heterocycles. The third kappa shape index (κ3) is 1.81. The van der Waals surface area contributed by atoms with Gasteiger partial charge in [0.15, 0.2) is 0 Å². The summed E-state index contributed by atoms with van der Waals surface area (Å²) in [4.78, 5) is 8.90. The maximum absolute atomic E-state index is 9.29. The molecule has 0 radical (unpaired) electrons. The zero-order valence-corrected chi connectivity index (χ0v) is 10.8. The van der Waals surface area contributed by atoms with Crippen LogP contribution in [-0.4, -0.2) is 22.2 Å². The Hall–Kier alpha value is -2.20. The molecular formula is C15H14N2O2. The number of fused-ring (bicyclic) bond motifs is 3. The van der Waals surface area contributed by atoms with Crippen molar-refractivity contribution in [1.29, 1.82) is 0 Å². The van der Waals surface area contributed by atoms with Gasteiger partial charge in [-0.15, -0.1) is 0 Å². The maximum Gasteiger partial charge on any atom is 0.129 e. The van der Waals surface area contributed by atoms with Crippen molar-refractivity contribution < 1.29 is 9.84 Å². The molecular weight excluding hydrogens is 240 g/mol. The largest absolute Gasteiger partial charge is 0.496 e. The van der Waals surface area contributed by atoms with Crippen molar-refractivity contribution in [2.24, 2.45) is 0 Å². The molecule has 0 fully saturated rings. The van der Waals surface area contributed by atoms with Crippen LogP contribution >= 0.6 is 0 Å². The van der Waals surface area contributed by atoms with Crippen LogP contribution in [0.3, 0.4) is 0 Å². The number of hydrogen-bond donors (Lipinski definition) is 1. The molecule has 2 aromatic heterocycles. The Morgan fingerprint density at radius 3 is 2.79 bits per heavy atom. The first-order chi connectivity index (χ1) is 9.24. The fourth-order valence-corrected chi connectivity index (χ4v) is 2.36. The van der Waals surface area contributed by atoms with Gasteiger partial charge in [-0.3, -0.25) is 4.98 Å². The fraction of sp³-hybridized carbons (Fsp3) is 0.200. The van der Waals surface area contributed by atoms with E-state index in [1.165, 1.54) is 0 Å². The minimum Gasteiger partial charge on any atom is -0.496 e. The van der Waals surface area contributed by atoms with Crippen molar-refractivity contribution in [1.82, 2.24) is 9.97 Å². The summed E-state index contributed by atoms with van der Waals surface area (Å²) >= 11 is 0. The van der Waals surface area contributed by atoms with E-state index < -0.39 is 0 Å². The normalized spacial score (nSPS) is 11.1. The molecule has 0 atom stereocenters. The quantitative estimate of drug-likeness (QED) is 0.714. The van der Waals surface area contributed by atoms with Crippen LogP contribution in [0.5, 0.6) is 5.75 Å². The van der Waals surface area contributed by atoms with E-state index in [0.29, 0.717) is 5.69 Å². The van der Waals surface area contributed by atoms with Crippen LogP contribution in [0, 0.1) is 6.92 Å². The molecule has 0 saturated carbocycles. The second-order valence-corrected chi connectivity index (χ2v) is 4.46. The summed E-state index contributed by atoms with van der Waals surface area (Å²) in [5.74, 6) is 0.789. The van der Waals surface area contributed by atoms with Crippen molar-refractivity contribution in [3.63, 3.8) is 0 Å². The van der Waals surface area contributed by atoms with Gasteiger partial charge in [-0.2, -0.15) is 0 Å². The second-order valence-electron chi connectivity index (χ2n) is 4.46. The van der Waals surface area contributed by atoms with Gasteiger partial charge in [-0.05, 0) is 36.8 Å². The monoisotopic (exact) mass is 254 g/mol. The Balaban J connectivity index is 2.53. The van der Waals surface area contributed by atoms with Crippen LogP contribution in [0.2, 0.25) is 0 Å². The first-order valence-electron chi connectivity index (χ1n) is 6.07. The van der Waals surface area contributed by atoms with Gasteiger partial charge in [0.05, 0.1) is 24.9 Å². The smallest absolute Gasteiger partial charge is 0.129 e. The Morgan fingerprint density at radius 2 is 2.05 bits per heavy atom. The lowest BCUT2D eigenvalue weighted by Gasteiger charge is -2.11. The van der Waals surface area contributed by atoms with E-state index in [-0.39, 0.29) is 6.61 Å². The van der Waals surface area contributed by atoms with Crippen molar-refractivity contribution in [3.8, 4) is 5.75 Å². The molecule has 0 aliphatic heterocycles. The minimum absolute atomic E-state index is 0.0723. The third-order valence-electron chi connectivity index (χ3n) is 3.27. The lowest BCUT2D eigenvalue weighted by atomic mass is 10.0. The molecule has 19 heavy (non-hydrogen) atoms. The Morgan fingerprint density at radius 1 is 1.21 bits per heavy atom. The number of benzene rings is 1. The topological polar surface area (TPSA) is 55.2 Å². The second kappa shape index (κ2) is 4.48. The highest BCUT2D eigenvalue weighted by Gasteiger charge is 2.11. The molecule has 4 nitrogen and oxygen atoms in total. The Bertz CT molecular complexity index is 769. The van der Waals surface area contributed by atoms with Crippen molar-refractivity contribution in [2.45, 2.75) is 13.5 Å². The van der Waals surface area contributed by atoms with E-state index in [0.717, 1.165) is 33.1 Å². The van der Waals surface area contributed by atoms with Crippen molar-refractivity contribution >= 4 is 21.8 Å². The van der Waals surface area contributed by atoms with E-state index in [9.17, 15) is 5.11 Å². The number of hydrogen-bond acceptors (Lipinski definition) is 4. The van der Waals surface area contributed by atoms with Crippen molar-refractivity contribution in [2.75, 3.05) is 7.11 Å². The number of ether oxygens (including phenoxy) is 1. The number of methoxy groups -OCH3 is 1. The average molecular weight is 254 g/mol. The lowest BCUT2D eigenvalue weighted by molar-refractivity contribution is 0.277. The van der Waals surface area contributed by atoms with E-state index in [1.54, 1.807) is 13.3 Å². The average Bonchev–Trinajstić information content (AvgIpc) is 2.46. The van der Waals surface area contributed by atoms with Gasteiger partial charge in [0.25, 0.3) is 0 Å². The number of aryl methyl sites for hydroxylation is 1. The molecule has 0 bridgehead atoms. The first kappa shape index (κ1) is 11.9. The number of pyridine rings is 2. The molecule has 1 aromatic carbocycles. The van der Waals surface area contributed by atoms with Gasteiger partial charge >= 0.3 is 0 Å². The highest BCUT2D eigenvalue weighted by Crippen LogP contribution is 2.32. The van der Waals surface area contributed by atoms with E-state index >= 15 is 0 Å². The van der Waals surface area contributed by atoms with E-state index in [2.05, 4.69) is 9.97 Å². The van der Waals surface area contributed by atoms with Gasteiger partial charge in [-0.25, -0.2) is 4.98 Å². The lowest BCUT2D eigenvalue weighted by Crippen LogP contribution is -1.96. The highest BCUT2D eigenvalue weighted by molar-refractivity contribution is 6.06. The first-order valence-corrected chi connectivity index (χ1v) is 6.07. The standard InChI is InChI=1S/C15H14N2O2/c1-9-6-10(8-18)17-15-12(9)7-13(19-2)11-4-3-5-16-14(11)15/h3-7,18H,8H2,1-2H3. The van der Waals surface area contributed by atoms with Crippen molar-refractivity contribution in [3.05, 3.63) is 41.7 Å². The predicted molar refractivity (Wildman–Crippen MR) is 74.3 cm³/mol. The molecule has 0 unspecified atom stereocenters. The molecule has 0 amide bonds. The van der Waals surface area contributed by atoms with Gasteiger partial charge in [0.1, 0.15) is 11.3 Å². The van der Waals surface area contributed by atoms with E-state index in [1.807, 2.05) is 31.2 Å². The molecule has 96 valence electrons. The number of aliphatic hydroxyl groups is 1. The molecule has 0 saturated heterocycles. The summed E-state index contributed by atoms with van der Waals surface area (Å²) in [6, 6.07) is 7.70. The van der Waals surface area contributed by atoms with Gasteiger partial charge in [0, 0.05) is 17.0 Å². The van der Waals surface area contributed by atoms with Crippen LogP contribution in [0.25, 0.3) is 21.8 Å². The van der Waals surface area contributed by atoms with Crippen LogP contribution in [0.1, 0.15) is 11.3 Å². The molecule has 4 heteroatoms. The summed E-state index contributed by atoms with van der Waals surface area (Å²) in [5.41, 5.74) is 3.32. The molecule has 0 aliphatic rings. The summed E-state index contributed by atoms with van der Waals surface area (Å²) in [6.45, 7) is 1.93. The SMILES string of the molecule is COc1cc2c(C)cc(CO)nc2c2ncccc12. The number of aliphatic hydroxyl groups excluding tert-OH is 1. The van der Waals surface area contributed by atoms with Gasteiger partial charge in [0.2, 0.25) is 0 Å². The molecule has 3 rings (SSSR count). The number of nitrogens with zero attached hydrogens (tertiary/aromatic N) is 2. The van der Waals surface area contributed by atoms with Crippen LogP contribution in [0.15, 0.2) is 30.5 Å². The molecule has 1 N–H and O–H groups in total. The summed E-state index contributed by atoms with van der Waals surface area (Å²) in [6.07, 6.45) is 1.74. The summed E-state index contributed by atoms with van der Waals surface area (Å²) < 4.78 is 5.43. The predicted octanol–water partition coefficient (Wildman–Crippen LogP) is 2.59. The number of rotatable bonds is 2. The third-order valence-corrected chi connectivity index (χ3v) is 3.27. The van der Waals surface area contributed by atoms with Gasteiger partial charge in [-0.1, -0.05) is 0 Å². The zero-order valence-electron chi connectivity index (χ0n) is 10.8.